The third kappa shape index (κ3) is 5.29. The molecule has 3 heteroatoms. The summed E-state index contributed by atoms with van der Waals surface area (Å²) in [6.45, 7) is 3.97. The van der Waals surface area contributed by atoms with Crippen molar-refractivity contribution in [2.45, 2.75) is 44.0 Å². The molecule has 2 nitrogen and oxygen atoms in total. The highest BCUT2D eigenvalue weighted by atomic mass is 32.2. The number of benzene rings is 1. The molecule has 1 aromatic rings. The van der Waals surface area contributed by atoms with Crippen LogP contribution in [-0.4, -0.2) is 11.3 Å². The van der Waals surface area contributed by atoms with Gasteiger partial charge in [0.05, 0.1) is 6.04 Å². The van der Waals surface area contributed by atoms with Crippen LogP contribution >= 0.6 is 11.8 Å². The Kier molecular flexibility index (Phi) is 6.38. The van der Waals surface area contributed by atoms with E-state index in [0.29, 0.717) is 0 Å². The monoisotopic (exact) mass is 261 g/mol. The van der Waals surface area contributed by atoms with E-state index in [1.165, 1.54) is 30.2 Å². The maximum Gasteiger partial charge on any atom is 0.284 e. The Bertz CT molecular complexity index is 419. The Morgan fingerprint density at radius 2 is 2.11 bits per heavy atom. The second-order valence-electron chi connectivity index (χ2n) is 4.17. The van der Waals surface area contributed by atoms with Crippen LogP contribution in [0.25, 0.3) is 0 Å². The SMILES string of the molecule is C#CC(C)NC(=O)Sc1ccc(CCCC)cc1. The number of terminal acetylenes is 1. The number of nitrogens with one attached hydrogen (secondary N) is 1. The van der Waals surface area contributed by atoms with Crippen LogP contribution in [0.2, 0.25) is 0 Å². The lowest BCUT2D eigenvalue weighted by atomic mass is 10.1. The predicted molar refractivity (Wildman–Crippen MR) is 77.7 cm³/mol. The summed E-state index contributed by atoms with van der Waals surface area (Å²) in [6, 6.07) is 7.89. The molecule has 0 aliphatic rings. The maximum absolute atomic E-state index is 11.6. The minimum Gasteiger partial charge on any atom is -0.333 e. The molecule has 1 amide bonds. The summed E-state index contributed by atoms with van der Waals surface area (Å²) in [5.41, 5.74) is 1.32. The van der Waals surface area contributed by atoms with E-state index in [0.717, 1.165) is 11.3 Å². The first-order valence-electron chi connectivity index (χ1n) is 6.19. The van der Waals surface area contributed by atoms with Crippen molar-refractivity contribution >= 4 is 17.0 Å². The summed E-state index contributed by atoms with van der Waals surface area (Å²) >= 11 is 1.17. The minimum atomic E-state index is -0.228. The maximum atomic E-state index is 11.6. The average Bonchev–Trinajstić information content (AvgIpc) is 2.37. The van der Waals surface area contributed by atoms with Gasteiger partial charge in [-0.25, -0.2) is 0 Å². The fourth-order valence-corrected chi connectivity index (χ4v) is 2.18. The molecule has 1 atom stereocenters. The second kappa shape index (κ2) is 7.84. The normalized spacial score (nSPS) is 11.6. The van der Waals surface area contributed by atoms with Gasteiger partial charge in [-0.3, -0.25) is 4.79 Å². The molecule has 0 heterocycles. The van der Waals surface area contributed by atoms with Crippen molar-refractivity contribution in [1.82, 2.24) is 5.32 Å². The Labute approximate surface area is 114 Å². The van der Waals surface area contributed by atoms with Crippen LogP contribution < -0.4 is 5.32 Å². The summed E-state index contributed by atoms with van der Waals surface area (Å²) < 4.78 is 0. The molecule has 0 aliphatic heterocycles. The van der Waals surface area contributed by atoms with E-state index in [1.54, 1.807) is 6.92 Å². The third-order valence-corrected chi connectivity index (χ3v) is 3.35. The van der Waals surface area contributed by atoms with E-state index >= 15 is 0 Å². The minimum absolute atomic E-state index is 0.109. The van der Waals surface area contributed by atoms with E-state index in [2.05, 4.69) is 30.3 Å². The van der Waals surface area contributed by atoms with Crippen LogP contribution in [0, 0.1) is 12.3 Å². The quantitative estimate of drug-likeness (QED) is 0.644. The summed E-state index contributed by atoms with van der Waals surface area (Å²) in [6.07, 6.45) is 8.70. The predicted octanol–water partition coefficient (Wildman–Crippen LogP) is 3.85. The molecule has 0 aliphatic carbocycles. The van der Waals surface area contributed by atoms with Gasteiger partial charge in [0.1, 0.15) is 0 Å². The van der Waals surface area contributed by atoms with Crippen molar-refractivity contribution in [2.24, 2.45) is 0 Å². The zero-order valence-corrected chi connectivity index (χ0v) is 11.7. The van der Waals surface area contributed by atoms with Crippen LogP contribution in [-0.2, 0) is 6.42 Å². The highest BCUT2D eigenvalue weighted by Gasteiger charge is 2.06. The lowest BCUT2D eigenvalue weighted by Crippen LogP contribution is -2.27. The van der Waals surface area contributed by atoms with E-state index in [-0.39, 0.29) is 11.3 Å². The summed E-state index contributed by atoms with van der Waals surface area (Å²) in [5.74, 6) is 2.47. The second-order valence-corrected chi connectivity index (χ2v) is 5.22. The van der Waals surface area contributed by atoms with E-state index in [4.69, 9.17) is 6.42 Å². The van der Waals surface area contributed by atoms with Crippen molar-refractivity contribution in [2.75, 3.05) is 0 Å². The molecule has 0 radical (unpaired) electrons. The van der Waals surface area contributed by atoms with E-state index < -0.39 is 0 Å². The number of hydrogen-bond donors (Lipinski definition) is 1. The summed E-state index contributed by atoms with van der Waals surface area (Å²) in [4.78, 5) is 12.5. The van der Waals surface area contributed by atoms with Gasteiger partial charge in [-0.05, 0) is 49.2 Å². The number of hydrogen-bond acceptors (Lipinski definition) is 2. The first-order chi connectivity index (χ1) is 8.65. The average molecular weight is 261 g/mol. The highest BCUT2D eigenvalue weighted by Crippen LogP contribution is 2.19. The van der Waals surface area contributed by atoms with Crippen LogP contribution in [0.5, 0.6) is 0 Å². The molecule has 0 bridgehead atoms. The Hall–Kier alpha value is -1.40. The van der Waals surface area contributed by atoms with Crippen LogP contribution in [0.4, 0.5) is 4.79 Å². The molecule has 0 aromatic heterocycles. The van der Waals surface area contributed by atoms with Gasteiger partial charge in [0.25, 0.3) is 5.24 Å². The highest BCUT2D eigenvalue weighted by molar-refractivity contribution is 8.13. The topological polar surface area (TPSA) is 29.1 Å². The van der Waals surface area contributed by atoms with Gasteiger partial charge in [-0.2, -0.15) is 0 Å². The van der Waals surface area contributed by atoms with Crippen molar-refractivity contribution in [3.8, 4) is 12.3 Å². The van der Waals surface area contributed by atoms with Gasteiger partial charge in [-0.1, -0.05) is 31.4 Å². The van der Waals surface area contributed by atoms with Crippen LogP contribution in [0.1, 0.15) is 32.3 Å². The largest absolute Gasteiger partial charge is 0.333 e. The lowest BCUT2D eigenvalue weighted by Gasteiger charge is -2.07. The molecule has 0 saturated heterocycles. The third-order valence-electron chi connectivity index (χ3n) is 2.54. The molecule has 0 saturated carbocycles. The lowest BCUT2D eigenvalue weighted by molar-refractivity contribution is 0.260. The number of carbonyl (C=O) groups excluding carboxylic acids is 1. The molecule has 1 aromatic carbocycles. The molecule has 96 valence electrons. The first kappa shape index (κ1) is 14.7. The fraction of sp³-hybridized carbons (Fsp3) is 0.400. The van der Waals surface area contributed by atoms with Gasteiger partial charge < -0.3 is 5.32 Å². The van der Waals surface area contributed by atoms with Gasteiger partial charge in [0, 0.05) is 4.90 Å². The number of thioether (sulfide) groups is 1. The zero-order valence-electron chi connectivity index (χ0n) is 10.9. The number of amides is 1. The molecular formula is C15H19NOS. The smallest absolute Gasteiger partial charge is 0.284 e. The molecular weight excluding hydrogens is 242 g/mol. The fourth-order valence-electron chi connectivity index (χ4n) is 1.46. The zero-order chi connectivity index (χ0) is 13.4. The first-order valence-corrected chi connectivity index (χ1v) is 7.00. The van der Waals surface area contributed by atoms with Crippen LogP contribution in [0.3, 0.4) is 0 Å². The van der Waals surface area contributed by atoms with Crippen molar-refractivity contribution < 1.29 is 4.79 Å². The van der Waals surface area contributed by atoms with Crippen molar-refractivity contribution in [1.29, 1.82) is 0 Å². The number of carbonyl (C=O) groups is 1. The van der Waals surface area contributed by atoms with Gasteiger partial charge >= 0.3 is 0 Å². The van der Waals surface area contributed by atoms with E-state index in [1.807, 2.05) is 12.1 Å². The number of rotatable bonds is 5. The Balaban J connectivity index is 2.48. The number of unbranched alkanes of at least 4 members (excludes halogenated alkanes) is 1. The van der Waals surface area contributed by atoms with Crippen molar-refractivity contribution in [3.05, 3.63) is 29.8 Å². The Morgan fingerprint density at radius 1 is 1.44 bits per heavy atom. The molecule has 18 heavy (non-hydrogen) atoms. The van der Waals surface area contributed by atoms with Gasteiger partial charge in [0.2, 0.25) is 0 Å². The van der Waals surface area contributed by atoms with Gasteiger partial charge in [0.15, 0.2) is 0 Å². The molecule has 0 fully saturated rings. The summed E-state index contributed by atoms with van der Waals surface area (Å²) in [7, 11) is 0. The molecule has 0 spiro atoms. The Morgan fingerprint density at radius 3 is 2.67 bits per heavy atom. The van der Waals surface area contributed by atoms with Crippen molar-refractivity contribution in [3.63, 3.8) is 0 Å². The number of aryl methyl sites for hydroxylation is 1. The van der Waals surface area contributed by atoms with Crippen LogP contribution in [0.15, 0.2) is 29.2 Å². The standard InChI is InChI=1S/C15H19NOS/c1-4-6-7-13-8-10-14(11-9-13)18-15(17)16-12(3)5-2/h2,8-12H,4,6-7H2,1,3H3,(H,16,17). The summed E-state index contributed by atoms with van der Waals surface area (Å²) in [5, 5.41) is 2.61. The molecule has 1 unspecified atom stereocenters. The molecule has 1 N–H and O–H groups in total. The molecule has 1 rings (SSSR count). The van der Waals surface area contributed by atoms with E-state index in [9.17, 15) is 4.79 Å². The van der Waals surface area contributed by atoms with Gasteiger partial charge in [-0.15, -0.1) is 6.42 Å².